The van der Waals surface area contributed by atoms with Gasteiger partial charge >= 0.3 is 0 Å². The number of pyridine rings is 1. The van der Waals surface area contributed by atoms with Gasteiger partial charge in [0.15, 0.2) is 5.76 Å². The highest BCUT2D eigenvalue weighted by molar-refractivity contribution is 6.07. The molecular weight excluding hydrogens is 420 g/mol. The molecule has 1 amide bonds. The minimum atomic E-state index is -0.257. The third-order valence-corrected chi connectivity index (χ3v) is 7.45. The fourth-order valence-corrected chi connectivity index (χ4v) is 5.14. The van der Waals surface area contributed by atoms with E-state index in [4.69, 9.17) is 4.42 Å². The summed E-state index contributed by atoms with van der Waals surface area (Å²) in [5.41, 5.74) is 7.36. The average Bonchev–Trinajstić information content (AvgIpc) is 3.27. The van der Waals surface area contributed by atoms with Crippen molar-refractivity contribution >= 4 is 22.5 Å². The van der Waals surface area contributed by atoms with Crippen LogP contribution in [0.5, 0.6) is 0 Å². The van der Waals surface area contributed by atoms with Crippen molar-refractivity contribution in [3.05, 3.63) is 94.6 Å². The van der Waals surface area contributed by atoms with E-state index in [2.05, 4.69) is 57.1 Å². The fourth-order valence-electron chi connectivity index (χ4n) is 5.14. The minimum Gasteiger partial charge on any atom is -0.456 e. The molecule has 0 saturated carbocycles. The van der Waals surface area contributed by atoms with Crippen molar-refractivity contribution in [2.75, 3.05) is 5.32 Å². The van der Waals surface area contributed by atoms with E-state index >= 15 is 0 Å². The van der Waals surface area contributed by atoms with Crippen LogP contribution in [0.3, 0.4) is 0 Å². The maximum atomic E-state index is 12.9. The molecule has 0 fully saturated rings. The third kappa shape index (κ3) is 4.02. The van der Waals surface area contributed by atoms with Gasteiger partial charge in [0.2, 0.25) is 0 Å². The molecule has 0 radical (unpaired) electrons. The van der Waals surface area contributed by atoms with Crippen molar-refractivity contribution in [3.63, 3.8) is 0 Å². The lowest BCUT2D eigenvalue weighted by Crippen LogP contribution is -2.34. The van der Waals surface area contributed by atoms with Crippen LogP contribution in [0.25, 0.3) is 10.9 Å². The number of nitrogens with zero attached hydrogens (tertiary/aromatic N) is 1. The van der Waals surface area contributed by atoms with E-state index in [1.807, 2.05) is 36.4 Å². The number of benzene rings is 2. The van der Waals surface area contributed by atoms with Gasteiger partial charge in [0.05, 0.1) is 11.2 Å². The number of aryl methyl sites for hydroxylation is 1. The maximum Gasteiger partial charge on any atom is 0.291 e. The number of carbonyl (C=O) groups excluding carboxylic acids is 1. The largest absolute Gasteiger partial charge is 0.456 e. The Morgan fingerprint density at radius 2 is 1.71 bits per heavy atom. The van der Waals surface area contributed by atoms with E-state index in [1.165, 1.54) is 35.1 Å². The number of hydrogen-bond acceptors (Lipinski definition) is 3. The van der Waals surface area contributed by atoms with E-state index in [0.29, 0.717) is 12.2 Å². The standard InChI is InChI=1S/C30H32N2O2/c1-19-16-23-24(30(4,5)14-13-29(23,2)3)18-20(19)17-21-11-12-27(34-21)28(33)32-26-10-6-9-25-22(26)8-7-15-31-25/h6-12,15-16,18H,13-14,17H2,1-5H3,(H,32,33). The van der Waals surface area contributed by atoms with Gasteiger partial charge in [-0.15, -0.1) is 0 Å². The number of nitrogens with one attached hydrogen (secondary N) is 1. The number of aromatic nitrogens is 1. The number of amides is 1. The molecular formula is C30H32N2O2. The summed E-state index contributed by atoms with van der Waals surface area (Å²) >= 11 is 0. The van der Waals surface area contributed by atoms with Crippen LogP contribution < -0.4 is 5.32 Å². The molecule has 0 spiro atoms. The number of fused-ring (bicyclic) bond motifs is 2. The predicted octanol–water partition coefficient (Wildman–Crippen LogP) is 7.33. The van der Waals surface area contributed by atoms with Gasteiger partial charge in [-0.05, 0) is 89.2 Å². The Hall–Kier alpha value is -3.40. The second-order valence-corrected chi connectivity index (χ2v) is 10.9. The molecule has 0 bridgehead atoms. The van der Waals surface area contributed by atoms with Crippen LogP contribution in [-0.2, 0) is 17.3 Å². The molecule has 1 aliphatic rings. The number of furan rings is 1. The summed E-state index contributed by atoms with van der Waals surface area (Å²) in [5.74, 6) is 0.848. The van der Waals surface area contributed by atoms with Crippen molar-refractivity contribution in [3.8, 4) is 0 Å². The van der Waals surface area contributed by atoms with E-state index < -0.39 is 0 Å². The van der Waals surface area contributed by atoms with Crippen LogP contribution >= 0.6 is 0 Å². The molecule has 4 heteroatoms. The van der Waals surface area contributed by atoms with Crippen LogP contribution in [0.4, 0.5) is 5.69 Å². The molecule has 0 atom stereocenters. The summed E-state index contributed by atoms with van der Waals surface area (Å²) in [6, 6.07) is 17.9. The lowest BCUT2D eigenvalue weighted by molar-refractivity contribution is 0.0995. The van der Waals surface area contributed by atoms with Crippen LogP contribution in [0.2, 0.25) is 0 Å². The van der Waals surface area contributed by atoms with Gasteiger partial charge in [-0.3, -0.25) is 9.78 Å². The molecule has 4 aromatic rings. The topological polar surface area (TPSA) is 55.1 Å². The molecule has 0 saturated heterocycles. The van der Waals surface area contributed by atoms with Crippen molar-refractivity contribution in [1.29, 1.82) is 0 Å². The summed E-state index contributed by atoms with van der Waals surface area (Å²) in [6.45, 7) is 11.6. The number of rotatable bonds is 4. The lowest BCUT2D eigenvalue weighted by atomic mass is 9.62. The molecule has 1 aliphatic carbocycles. The molecule has 0 aliphatic heterocycles. The molecule has 34 heavy (non-hydrogen) atoms. The highest BCUT2D eigenvalue weighted by Crippen LogP contribution is 2.46. The van der Waals surface area contributed by atoms with Gasteiger partial charge in [0.25, 0.3) is 5.91 Å². The summed E-state index contributed by atoms with van der Waals surface area (Å²) in [4.78, 5) is 17.3. The Labute approximate surface area is 201 Å². The molecule has 4 nitrogen and oxygen atoms in total. The Kier molecular flexibility index (Phi) is 5.35. The molecule has 0 unspecified atom stereocenters. The van der Waals surface area contributed by atoms with E-state index in [0.717, 1.165) is 22.4 Å². The highest BCUT2D eigenvalue weighted by atomic mass is 16.3. The Bertz CT molecular complexity index is 1390. The predicted molar refractivity (Wildman–Crippen MR) is 138 cm³/mol. The summed E-state index contributed by atoms with van der Waals surface area (Å²) in [7, 11) is 0. The normalized spacial score (nSPS) is 16.3. The number of anilines is 1. The first kappa shape index (κ1) is 22.4. The van der Waals surface area contributed by atoms with E-state index in [1.54, 1.807) is 12.3 Å². The van der Waals surface area contributed by atoms with Crippen LogP contribution in [0, 0.1) is 6.92 Å². The lowest BCUT2D eigenvalue weighted by Gasteiger charge is -2.42. The SMILES string of the molecule is Cc1cc2c(cc1Cc1ccc(C(=O)Nc3cccc4ncccc34)o1)C(C)(C)CCC2(C)C. The second kappa shape index (κ2) is 8.12. The minimum absolute atomic E-state index is 0.162. The number of hydrogen-bond donors (Lipinski definition) is 1. The van der Waals surface area contributed by atoms with Crippen LogP contribution in [-0.4, -0.2) is 10.9 Å². The smallest absolute Gasteiger partial charge is 0.291 e. The molecule has 174 valence electrons. The van der Waals surface area contributed by atoms with Gasteiger partial charge < -0.3 is 9.73 Å². The van der Waals surface area contributed by atoms with Crippen molar-refractivity contribution in [2.24, 2.45) is 0 Å². The molecule has 5 rings (SSSR count). The van der Waals surface area contributed by atoms with Crippen molar-refractivity contribution in [2.45, 2.75) is 64.7 Å². The number of carbonyl (C=O) groups is 1. The Morgan fingerprint density at radius 1 is 0.971 bits per heavy atom. The zero-order chi connectivity index (χ0) is 24.1. The molecule has 1 N–H and O–H groups in total. The van der Waals surface area contributed by atoms with Gasteiger partial charge in [0, 0.05) is 18.0 Å². The van der Waals surface area contributed by atoms with Gasteiger partial charge in [-0.1, -0.05) is 45.9 Å². The van der Waals surface area contributed by atoms with Gasteiger partial charge in [-0.2, -0.15) is 0 Å². The average molecular weight is 453 g/mol. The van der Waals surface area contributed by atoms with E-state index in [9.17, 15) is 4.79 Å². The zero-order valence-corrected chi connectivity index (χ0v) is 20.7. The highest BCUT2D eigenvalue weighted by Gasteiger charge is 2.37. The first-order valence-corrected chi connectivity index (χ1v) is 12.0. The van der Waals surface area contributed by atoms with E-state index in [-0.39, 0.29) is 16.7 Å². The van der Waals surface area contributed by atoms with Crippen molar-refractivity contribution in [1.82, 2.24) is 4.98 Å². The quantitative estimate of drug-likeness (QED) is 0.353. The monoisotopic (exact) mass is 452 g/mol. The zero-order valence-electron chi connectivity index (χ0n) is 20.7. The van der Waals surface area contributed by atoms with Crippen LogP contribution in [0.1, 0.15) is 79.1 Å². The Morgan fingerprint density at radius 3 is 2.47 bits per heavy atom. The first-order valence-electron chi connectivity index (χ1n) is 12.0. The second-order valence-electron chi connectivity index (χ2n) is 10.9. The maximum absolute atomic E-state index is 12.9. The van der Waals surface area contributed by atoms with Gasteiger partial charge in [0.1, 0.15) is 5.76 Å². The third-order valence-electron chi connectivity index (χ3n) is 7.45. The molecule has 2 aromatic heterocycles. The fraction of sp³-hybridized carbons (Fsp3) is 0.333. The van der Waals surface area contributed by atoms with Crippen molar-refractivity contribution < 1.29 is 9.21 Å². The summed E-state index contributed by atoms with van der Waals surface area (Å²) in [6.07, 6.45) is 4.80. The van der Waals surface area contributed by atoms with Crippen LogP contribution in [0.15, 0.2) is 65.2 Å². The summed E-state index contributed by atoms with van der Waals surface area (Å²) < 4.78 is 6.00. The Balaban J connectivity index is 1.39. The molecule has 2 heterocycles. The van der Waals surface area contributed by atoms with Gasteiger partial charge in [-0.25, -0.2) is 0 Å². The first-order chi connectivity index (χ1) is 16.1. The molecule has 2 aromatic carbocycles. The summed E-state index contributed by atoms with van der Waals surface area (Å²) in [5, 5.41) is 3.88.